The molecule has 0 fully saturated rings. The van der Waals surface area contributed by atoms with E-state index in [0.29, 0.717) is 5.69 Å². The van der Waals surface area contributed by atoms with Crippen LogP contribution in [0.3, 0.4) is 0 Å². The lowest BCUT2D eigenvalue weighted by molar-refractivity contribution is 0.0791. The van der Waals surface area contributed by atoms with E-state index in [1.807, 2.05) is 36.6 Å². The summed E-state index contributed by atoms with van der Waals surface area (Å²) in [6.45, 7) is 0. The minimum atomic E-state index is -0.567. The minimum Gasteiger partial charge on any atom is -0.362 e. The Labute approximate surface area is 160 Å². The van der Waals surface area contributed by atoms with E-state index >= 15 is 0 Å². The van der Waals surface area contributed by atoms with Crippen molar-refractivity contribution in [2.75, 3.05) is 13.4 Å². The molecule has 0 spiro atoms. The summed E-state index contributed by atoms with van der Waals surface area (Å²) in [5.74, 6) is -0.107. The summed E-state index contributed by atoms with van der Waals surface area (Å²) in [5, 5.41) is 0.927. The molecular weight excluding hydrogens is 456 g/mol. The van der Waals surface area contributed by atoms with Crippen LogP contribution < -0.4 is 0 Å². The van der Waals surface area contributed by atoms with Gasteiger partial charge in [-0.15, -0.1) is 11.8 Å². The number of rotatable bonds is 5. The van der Waals surface area contributed by atoms with E-state index in [-0.39, 0.29) is 5.78 Å². The predicted octanol–water partition coefficient (Wildman–Crippen LogP) is 5.27. The second-order valence-electron chi connectivity index (χ2n) is 5.07. The first-order valence-corrected chi connectivity index (χ1v) is 9.96. The zero-order chi connectivity index (χ0) is 17.3. The molecule has 2 heterocycles. The summed E-state index contributed by atoms with van der Waals surface area (Å²) in [6.07, 6.45) is 3.57. The molecule has 0 aliphatic rings. The molecule has 2 aromatic heterocycles. The highest BCUT2D eigenvalue weighted by Gasteiger charge is 2.27. The van der Waals surface area contributed by atoms with E-state index in [0.717, 1.165) is 31.1 Å². The van der Waals surface area contributed by atoms with Gasteiger partial charge >= 0.3 is 0 Å². The van der Waals surface area contributed by atoms with Crippen LogP contribution in [0.1, 0.15) is 10.5 Å². The van der Waals surface area contributed by atoms with Crippen LogP contribution in [0.5, 0.6) is 0 Å². The number of hydrogen-bond acceptors (Lipinski definition) is 4. The van der Waals surface area contributed by atoms with Gasteiger partial charge in [-0.2, -0.15) is 0 Å². The van der Waals surface area contributed by atoms with Crippen molar-refractivity contribution >= 4 is 60.3 Å². The van der Waals surface area contributed by atoms with Gasteiger partial charge in [-0.05, 0) is 30.5 Å². The van der Waals surface area contributed by atoms with E-state index in [1.165, 1.54) is 18.9 Å². The van der Waals surface area contributed by atoms with Crippen molar-refractivity contribution in [2.24, 2.45) is 0 Å². The average molecular weight is 470 g/mol. The van der Waals surface area contributed by atoms with E-state index < -0.39 is 5.44 Å². The smallest absolute Gasteiger partial charge is 0.218 e. The third-order valence-electron chi connectivity index (χ3n) is 3.62. The van der Waals surface area contributed by atoms with Crippen molar-refractivity contribution in [2.45, 2.75) is 5.44 Å². The number of ether oxygens (including phenoxy) is 1. The van der Waals surface area contributed by atoms with Crippen LogP contribution >= 0.6 is 43.6 Å². The summed E-state index contributed by atoms with van der Waals surface area (Å²) in [6, 6.07) is 9.56. The Balaban J connectivity index is 2.33. The number of H-pyrrole nitrogens is 1. The number of halogens is 2. The fraction of sp³-hybridized carbons (Fsp3) is 0.176. The number of thioether (sulfide) groups is 1. The van der Waals surface area contributed by atoms with Crippen molar-refractivity contribution in [1.82, 2.24) is 9.97 Å². The molecule has 7 heteroatoms. The number of nitrogens with one attached hydrogen (secondary N) is 1. The van der Waals surface area contributed by atoms with E-state index in [4.69, 9.17) is 4.74 Å². The van der Waals surface area contributed by atoms with Crippen LogP contribution in [-0.4, -0.2) is 34.6 Å². The van der Waals surface area contributed by atoms with Crippen LogP contribution in [-0.2, 0) is 4.74 Å². The lowest BCUT2D eigenvalue weighted by Crippen LogP contribution is -2.20. The van der Waals surface area contributed by atoms with Crippen LogP contribution in [0.2, 0.25) is 0 Å². The van der Waals surface area contributed by atoms with Crippen molar-refractivity contribution in [3.63, 3.8) is 0 Å². The maximum absolute atomic E-state index is 12.9. The molecule has 0 amide bonds. The fourth-order valence-electron chi connectivity index (χ4n) is 2.63. The lowest BCUT2D eigenvalue weighted by Gasteiger charge is -2.11. The molecule has 0 saturated carbocycles. The second kappa shape index (κ2) is 7.39. The topological polar surface area (TPSA) is 55.0 Å². The molecule has 0 aliphatic carbocycles. The number of ketones is 1. The standard InChI is InChI=1S/C17H14Br2N2O2S/c1-23-17(24-2)16(22)15-14(11-5-3-4-6-20-11)13-10(19)7-9(18)8-12(13)21-15/h3-8,17,21H,1-2H3. The molecule has 3 rings (SSSR count). The number of carbonyl (C=O) groups is 1. The Hall–Kier alpha value is -1.15. The predicted molar refractivity (Wildman–Crippen MR) is 106 cm³/mol. The molecule has 0 saturated heterocycles. The first-order valence-electron chi connectivity index (χ1n) is 7.08. The van der Waals surface area contributed by atoms with Crippen LogP contribution in [0.25, 0.3) is 22.2 Å². The zero-order valence-corrected chi connectivity index (χ0v) is 17.0. The molecule has 1 aromatic carbocycles. The van der Waals surface area contributed by atoms with Gasteiger partial charge in [0.15, 0.2) is 5.44 Å². The number of nitrogens with zero attached hydrogens (tertiary/aromatic N) is 1. The molecule has 0 aliphatic heterocycles. The molecule has 124 valence electrons. The van der Waals surface area contributed by atoms with Crippen molar-refractivity contribution in [3.8, 4) is 11.3 Å². The van der Waals surface area contributed by atoms with Crippen molar-refractivity contribution < 1.29 is 9.53 Å². The first-order chi connectivity index (χ1) is 11.6. The Bertz CT molecular complexity index is 892. The third kappa shape index (κ3) is 3.18. The number of Topliss-reactive ketones (excluding diaryl/α,β-unsaturated/α-hetero) is 1. The Kier molecular flexibility index (Phi) is 5.44. The van der Waals surface area contributed by atoms with E-state index in [1.54, 1.807) is 6.20 Å². The monoisotopic (exact) mass is 468 g/mol. The van der Waals surface area contributed by atoms with Gasteiger partial charge in [-0.3, -0.25) is 9.78 Å². The number of carbonyl (C=O) groups excluding carboxylic acids is 1. The van der Waals surface area contributed by atoms with Gasteiger partial charge in [0.05, 0.1) is 11.4 Å². The Morgan fingerprint density at radius 1 is 1.33 bits per heavy atom. The van der Waals surface area contributed by atoms with Gasteiger partial charge in [0.25, 0.3) is 0 Å². The van der Waals surface area contributed by atoms with E-state index in [2.05, 4.69) is 41.8 Å². The number of aromatic nitrogens is 2. The van der Waals surface area contributed by atoms with Gasteiger partial charge in [-0.25, -0.2) is 0 Å². The summed E-state index contributed by atoms with van der Waals surface area (Å²) >= 11 is 8.45. The van der Waals surface area contributed by atoms with E-state index in [9.17, 15) is 4.79 Å². The summed E-state index contributed by atoms with van der Waals surface area (Å²) in [7, 11) is 1.54. The molecule has 3 aromatic rings. The zero-order valence-electron chi connectivity index (χ0n) is 13.0. The number of fused-ring (bicyclic) bond motifs is 1. The number of aromatic amines is 1. The molecule has 1 unspecified atom stereocenters. The molecule has 4 nitrogen and oxygen atoms in total. The van der Waals surface area contributed by atoms with Gasteiger partial charge in [0.1, 0.15) is 0 Å². The summed E-state index contributed by atoms with van der Waals surface area (Å²) in [5.41, 5.74) is 2.32. The van der Waals surface area contributed by atoms with Gasteiger partial charge in [-0.1, -0.05) is 37.9 Å². The highest BCUT2D eigenvalue weighted by atomic mass is 79.9. The number of hydrogen-bond donors (Lipinski definition) is 1. The third-order valence-corrected chi connectivity index (χ3v) is 5.54. The molecule has 24 heavy (non-hydrogen) atoms. The highest BCUT2D eigenvalue weighted by molar-refractivity contribution is 9.11. The maximum Gasteiger partial charge on any atom is 0.218 e. The molecule has 1 atom stereocenters. The first kappa shape index (κ1) is 17.7. The molecule has 0 bridgehead atoms. The van der Waals surface area contributed by atoms with Crippen LogP contribution in [0.4, 0.5) is 0 Å². The van der Waals surface area contributed by atoms with Crippen LogP contribution in [0.15, 0.2) is 45.5 Å². The Morgan fingerprint density at radius 2 is 2.12 bits per heavy atom. The highest BCUT2D eigenvalue weighted by Crippen LogP contribution is 2.39. The quantitative estimate of drug-likeness (QED) is 0.408. The molecule has 0 radical (unpaired) electrons. The maximum atomic E-state index is 12.9. The van der Waals surface area contributed by atoms with Gasteiger partial charge in [0.2, 0.25) is 5.78 Å². The second-order valence-corrected chi connectivity index (χ2v) is 7.74. The van der Waals surface area contributed by atoms with Crippen molar-refractivity contribution in [1.29, 1.82) is 0 Å². The fourth-order valence-corrected chi connectivity index (χ4v) is 4.58. The SMILES string of the molecule is COC(SC)C(=O)c1[nH]c2cc(Br)cc(Br)c2c1-c1ccccn1. The normalized spacial score (nSPS) is 12.5. The largest absolute Gasteiger partial charge is 0.362 e. The lowest BCUT2D eigenvalue weighted by atomic mass is 10.0. The molecule has 1 N–H and O–H groups in total. The number of pyridine rings is 1. The Morgan fingerprint density at radius 3 is 2.75 bits per heavy atom. The van der Waals surface area contributed by atoms with Gasteiger partial charge < -0.3 is 9.72 Å². The number of benzene rings is 1. The minimum absolute atomic E-state index is 0.107. The van der Waals surface area contributed by atoms with Crippen LogP contribution in [0, 0.1) is 0 Å². The average Bonchev–Trinajstić information content (AvgIpc) is 2.96. The van der Waals surface area contributed by atoms with Crippen molar-refractivity contribution in [3.05, 3.63) is 51.2 Å². The number of methoxy groups -OCH3 is 1. The summed E-state index contributed by atoms with van der Waals surface area (Å²) < 4.78 is 7.12. The molecular formula is C17H14Br2N2O2S. The summed E-state index contributed by atoms with van der Waals surface area (Å²) in [4.78, 5) is 20.6. The van der Waals surface area contributed by atoms with Gasteiger partial charge in [0, 0.05) is 38.7 Å².